The van der Waals surface area contributed by atoms with Crippen molar-refractivity contribution in [3.63, 3.8) is 0 Å². The van der Waals surface area contributed by atoms with Gasteiger partial charge in [-0.2, -0.15) is 5.26 Å². The van der Waals surface area contributed by atoms with Crippen LogP contribution in [0.15, 0.2) is 36.7 Å². The molecule has 0 radical (unpaired) electrons. The minimum atomic E-state index is 0.371. The van der Waals surface area contributed by atoms with Gasteiger partial charge in [0.05, 0.1) is 0 Å². The lowest BCUT2D eigenvalue weighted by Gasteiger charge is -2.18. The summed E-state index contributed by atoms with van der Waals surface area (Å²) in [4.78, 5) is 9.99. The van der Waals surface area contributed by atoms with Crippen LogP contribution in [0.4, 0.5) is 11.5 Å². The monoisotopic (exact) mass is 252 g/mol. The number of rotatable bonds is 3. The summed E-state index contributed by atoms with van der Waals surface area (Å²) in [5.41, 5.74) is 2.71. The lowest BCUT2D eigenvalue weighted by molar-refractivity contribution is 0.866. The van der Waals surface area contributed by atoms with E-state index in [0.717, 1.165) is 5.69 Å². The summed E-state index contributed by atoms with van der Waals surface area (Å²) in [6.07, 6.45) is 1.41. The van der Waals surface area contributed by atoms with Crippen LogP contribution in [0.1, 0.15) is 31.0 Å². The zero-order valence-corrected chi connectivity index (χ0v) is 11.3. The van der Waals surface area contributed by atoms with Crippen molar-refractivity contribution >= 4 is 11.5 Å². The van der Waals surface area contributed by atoms with Crippen molar-refractivity contribution in [2.75, 3.05) is 11.9 Å². The molecule has 0 saturated carbocycles. The summed E-state index contributed by atoms with van der Waals surface area (Å²) >= 11 is 0. The van der Waals surface area contributed by atoms with E-state index in [1.807, 2.05) is 18.0 Å². The predicted molar refractivity (Wildman–Crippen MR) is 75.3 cm³/mol. The highest BCUT2D eigenvalue weighted by Crippen LogP contribution is 2.24. The minimum absolute atomic E-state index is 0.371. The van der Waals surface area contributed by atoms with Crippen LogP contribution in [0, 0.1) is 11.3 Å². The average Bonchev–Trinajstić information content (AvgIpc) is 2.46. The Balaban J connectivity index is 2.28. The topological polar surface area (TPSA) is 52.8 Å². The maximum absolute atomic E-state index is 8.85. The molecule has 0 amide bonds. The Morgan fingerprint density at radius 1 is 1.16 bits per heavy atom. The molecule has 4 nitrogen and oxygen atoms in total. The van der Waals surface area contributed by atoms with Crippen molar-refractivity contribution in [3.8, 4) is 6.07 Å². The van der Waals surface area contributed by atoms with Gasteiger partial charge in [0.15, 0.2) is 0 Å². The summed E-state index contributed by atoms with van der Waals surface area (Å²) in [6.45, 7) is 4.34. The van der Waals surface area contributed by atoms with Crippen LogP contribution in [-0.4, -0.2) is 17.0 Å². The molecule has 0 N–H and O–H groups in total. The second-order valence-electron chi connectivity index (χ2n) is 4.68. The van der Waals surface area contributed by atoms with Crippen molar-refractivity contribution in [1.82, 2.24) is 9.97 Å². The molecule has 0 bridgehead atoms. The number of nitriles is 1. The van der Waals surface area contributed by atoms with Crippen molar-refractivity contribution in [3.05, 3.63) is 47.9 Å². The fraction of sp³-hybridized carbons (Fsp3) is 0.267. The van der Waals surface area contributed by atoms with Gasteiger partial charge in [0.1, 0.15) is 23.9 Å². The van der Waals surface area contributed by atoms with Crippen molar-refractivity contribution in [2.45, 2.75) is 19.8 Å². The van der Waals surface area contributed by atoms with Gasteiger partial charge in [-0.25, -0.2) is 9.97 Å². The third-order valence-electron chi connectivity index (χ3n) is 3.06. The zero-order valence-electron chi connectivity index (χ0n) is 11.3. The first-order chi connectivity index (χ1) is 9.11. The molecule has 4 heteroatoms. The molecule has 1 heterocycles. The number of nitrogens with zero attached hydrogens (tertiary/aromatic N) is 4. The van der Waals surface area contributed by atoms with E-state index >= 15 is 0 Å². The van der Waals surface area contributed by atoms with Gasteiger partial charge in [-0.1, -0.05) is 26.0 Å². The van der Waals surface area contributed by atoms with Gasteiger partial charge in [0.2, 0.25) is 0 Å². The lowest BCUT2D eigenvalue weighted by Crippen LogP contribution is -2.11. The molecule has 0 spiro atoms. The Morgan fingerprint density at radius 3 is 2.42 bits per heavy atom. The summed E-state index contributed by atoms with van der Waals surface area (Å²) in [5, 5.41) is 8.85. The van der Waals surface area contributed by atoms with Crippen molar-refractivity contribution in [2.24, 2.45) is 0 Å². The first-order valence-electron chi connectivity index (χ1n) is 6.17. The third-order valence-corrected chi connectivity index (χ3v) is 3.06. The van der Waals surface area contributed by atoms with Gasteiger partial charge in [-0.3, -0.25) is 0 Å². The summed E-state index contributed by atoms with van der Waals surface area (Å²) in [6, 6.07) is 12.0. The molecule has 1 aromatic carbocycles. The van der Waals surface area contributed by atoms with Crippen LogP contribution in [0.5, 0.6) is 0 Å². The Hall–Kier alpha value is -2.41. The van der Waals surface area contributed by atoms with E-state index in [9.17, 15) is 0 Å². The molecule has 0 unspecified atom stereocenters. The van der Waals surface area contributed by atoms with Gasteiger partial charge in [-0.05, 0) is 23.6 Å². The molecular weight excluding hydrogens is 236 g/mol. The highest BCUT2D eigenvalue weighted by atomic mass is 15.2. The van der Waals surface area contributed by atoms with E-state index in [-0.39, 0.29) is 0 Å². The smallest absolute Gasteiger partial charge is 0.145 e. The Bertz CT molecular complexity index is 596. The Morgan fingerprint density at radius 2 is 1.84 bits per heavy atom. The van der Waals surface area contributed by atoms with Gasteiger partial charge in [-0.15, -0.1) is 0 Å². The minimum Gasteiger partial charge on any atom is -0.329 e. The zero-order chi connectivity index (χ0) is 13.8. The van der Waals surface area contributed by atoms with Crippen molar-refractivity contribution in [1.29, 1.82) is 5.26 Å². The first-order valence-corrected chi connectivity index (χ1v) is 6.17. The molecular formula is C15H16N4. The largest absolute Gasteiger partial charge is 0.329 e. The van der Waals surface area contributed by atoms with E-state index in [1.165, 1.54) is 11.9 Å². The highest BCUT2D eigenvalue weighted by Gasteiger charge is 2.07. The standard InChI is InChI=1S/C15H16N4/c1-11(2)12-4-6-14(7-5-12)19(3)15-8-13(9-16)17-10-18-15/h4-8,10-11H,1-3H3. The normalized spacial score (nSPS) is 10.3. The van der Waals surface area contributed by atoms with Crippen LogP contribution >= 0.6 is 0 Å². The maximum Gasteiger partial charge on any atom is 0.145 e. The van der Waals surface area contributed by atoms with E-state index in [2.05, 4.69) is 48.1 Å². The van der Waals surface area contributed by atoms with Crippen LogP contribution in [0.2, 0.25) is 0 Å². The van der Waals surface area contributed by atoms with Crippen molar-refractivity contribution < 1.29 is 0 Å². The summed E-state index contributed by atoms with van der Waals surface area (Å²) in [7, 11) is 1.92. The molecule has 19 heavy (non-hydrogen) atoms. The van der Waals surface area contributed by atoms with Gasteiger partial charge < -0.3 is 4.90 Å². The SMILES string of the molecule is CC(C)c1ccc(N(C)c2cc(C#N)ncn2)cc1. The van der Waals surface area contributed by atoms with Crippen LogP contribution in [-0.2, 0) is 0 Å². The summed E-state index contributed by atoms with van der Waals surface area (Å²) < 4.78 is 0. The van der Waals surface area contributed by atoms with E-state index < -0.39 is 0 Å². The average molecular weight is 252 g/mol. The first kappa shape index (κ1) is 13.0. The van der Waals surface area contributed by atoms with Gasteiger partial charge >= 0.3 is 0 Å². The van der Waals surface area contributed by atoms with E-state index in [4.69, 9.17) is 5.26 Å². The molecule has 1 aromatic heterocycles. The lowest BCUT2D eigenvalue weighted by atomic mass is 10.0. The number of hydrogen-bond acceptors (Lipinski definition) is 4. The quantitative estimate of drug-likeness (QED) is 0.841. The van der Waals surface area contributed by atoms with Crippen LogP contribution < -0.4 is 4.90 Å². The van der Waals surface area contributed by atoms with E-state index in [1.54, 1.807) is 6.07 Å². The fourth-order valence-corrected chi connectivity index (χ4v) is 1.81. The molecule has 0 saturated heterocycles. The fourth-order valence-electron chi connectivity index (χ4n) is 1.81. The van der Waals surface area contributed by atoms with E-state index in [0.29, 0.717) is 17.4 Å². The molecule has 0 aliphatic carbocycles. The summed E-state index contributed by atoms with van der Waals surface area (Å²) in [5.74, 6) is 1.23. The number of aromatic nitrogens is 2. The highest BCUT2D eigenvalue weighted by molar-refractivity contribution is 5.60. The third kappa shape index (κ3) is 2.89. The second-order valence-corrected chi connectivity index (χ2v) is 4.68. The van der Waals surface area contributed by atoms with Crippen LogP contribution in [0.3, 0.4) is 0 Å². The van der Waals surface area contributed by atoms with Gasteiger partial charge in [0, 0.05) is 18.8 Å². The second kappa shape index (κ2) is 5.49. The molecule has 2 aromatic rings. The maximum atomic E-state index is 8.85. The molecule has 0 aliphatic heterocycles. The molecule has 0 atom stereocenters. The molecule has 96 valence electrons. The Labute approximate surface area is 113 Å². The molecule has 0 aliphatic rings. The number of benzene rings is 1. The molecule has 0 fully saturated rings. The Kier molecular flexibility index (Phi) is 3.76. The number of anilines is 2. The van der Waals surface area contributed by atoms with Gasteiger partial charge in [0.25, 0.3) is 0 Å². The van der Waals surface area contributed by atoms with Crippen LogP contribution in [0.25, 0.3) is 0 Å². The predicted octanol–water partition coefficient (Wildman–Crippen LogP) is 3.24. The molecule has 2 rings (SSSR count). The number of hydrogen-bond donors (Lipinski definition) is 0.